The van der Waals surface area contributed by atoms with Crippen molar-refractivity contribution in [2.75, 3.05) is 14.1 Å². The Kier molecular flexibility index (Phi) is 20.8. The molecule has 0 radical (unpaired) electrons. The molecule has 0 heterocycles. The van der Waals surface area contributed by atoms with E-state index in [0.29, 0.717) is 0 Å². The third-order valence-corrected chi connectivity index (χ3v) is 3.46. The summed E-state index contributed by atoms with van der Waals surface area (Å²) in [5.74, 6) is 0. The van der Waals surface area contributed by atoms with E-state index in [1.165, 1.54) is 11.1 Å². The van der Waals surface area contributed by atoms with Crippen molar-refractivity contribution in [2.24, 2.45) is 0 Å². The van der Waals surface area contributed by atoms with Gasteiger partial charge in [-0.05, 0) is 11.1 Å². The number of benzene rings is 2. The van der Waals surface area contributed by atoms with E-state index in [4.69, 9.17) is 0 Å². The molecule has 2 aliphatic carbocycles. The molecule has 0 fully saturated rings. The third-order valence-electron chi connectivity index (χ3n) is 3.46. The Balaban J connectivity index is 0.000000489. The fourth-order valence-electron chi connectivity index (χ4n) is 2.14. The molecule has 0 aliphatic heterocycles. The maximum Gasteiger partial charge on any atom is 2.00 e. The Bertz CT molecular complexity index is 740. The number of hydrogen-bond acceptors (Lipinski definition) is 1. The second-order valence-electron chi connectivity index (χ2n) is 6.89. The summed E-state index contributed by atoms with van der Waals surface area (Å²) < 4.78 is 2.21. The van der Waals surface area contributed by atoms with Gasteiger partial charge in [0.15, 0.2) is 0 Å². The first-order valence-electron chi connectivity index (χ1n) is 10.2. The largest absolute Gasteiger partial charge is 2.00 e. The molecular weight excluding hydrogens is 556 g/mol. The first kappa shape index (κ1) is 29.6. The Labute approximate surface area is 223 Å². The Morgan fingerprint density at radius 1 is 0.710 bits per heavy atom. The van der Waals surface area contributed by atoms with Crippen molar-refractivity contribution in [3.63, 3.8) is 0 Å². The van der Waals surface area contributed by atoms with Crippen LogP contribution in [0.25, 0.3) is 12.2 Å². The van der Waals surface area contributed by atoms with Crippen molar-refractivity contribution < 1.29 is 26.2 Å². The maximum atomic E-state index is 2.99. The molecule has 2 aliphatic rings. The van der Waals surface area contributed by atoms with Crippen LogP contribution < -0.4 is 0 Å². The molecular formula is C28H32InNZr. The van der Waals surface area contributed by atoms with E-state index in [-0.39, 0.29) is 26.2 Å². The van der Waals surface area contributed by atoms with Gasteiger partial charge in [-0.25, -0.2) is 24.3 Å². The third kappa shape index (κ3) is 20.3. The van der Waals surface area contributed by atoms with Gasteiger partial charge in [-0.3, -0.25) is 12.2 Å². The van der Waals surface area contributed by atoms with Gasteiger partial charge in [0, 0.05) is 0 Å². The van der Waals surface area contributed by atoms with Crippen LogP contribution in [0, 0.1) is 12.2 Å². The van der Waals surface area contributed by atoms with Gasteiger partial charge < -0.3 is 0 Å². The number of allylic oxidation sites excluding steroid dienone is 10. The molecule has 2 aromatic rings. The second-order valence-corrected chi connectivity index (χ2v) is 12.0. The van der Waals surface area contributed by atoms with Crippen LogP contribution in [0.15, 0.2) is 109 Å². The SMILES string of the molecule is C(C=Cc1ccccc1)=Cc1ccccc1.C[N](C)[InH2].[C-]1=CC=CC1.[C-]1=CC=CC1.[Zr+2]. The smallest absolute Gasteiger partial charge is 0.273 e. The minimum absolute atomic E-state index is 0. The summed E-state index contributed by atoms with van der Waals surface area (Å²) in [4.78, 5) is 0. The molecule has 0 bridgehead atoms. The molecule has 0 saturated carbocycles. The van der Waals surface area contributed by atoms with Gasteiger partial charge in [-0.2, -0.15) is 12.2 Å². The van der Waals surface area contributed by atoms with Crippen LogP contribution in [0.5, 0.6) is 0 Å². The van der Waals surface area contributed by atoms with E-state index in [0.717, 1.165) is 37.5 Å². The molecule has 3 heteroatoms. The zero-order valence-electron chi connectivity index (χ0n) is 18.9. The quantitative estimate of drug-likeness (QED) is 0.309. The predicted molar refractivity (Wildman–Crippen MR) is 136 cm³/mol. The normalized spacial score (nSPS) is 12.6. The number of hydrogen-bond donors (Lipinski definition) is 0. The van der Waals surface area contributed by atoms with Crippen LogP contribution in [-0.2, 0) is 26.2 Å². The standard InChI is InChI=1S/C16H14.2C5H5.C2H6N.In.Zr.2H/c1-3-9-15(10-4-1)13-7-8-14-16-11-5-2-6-12-16;2*1-2-4-5-3-1;1-3-2;;;;/h1-14H;2*1-3H,4H2;1-2H3;;;;/q;3*-1;+1;+2;;. The van der Waals surface area contributed by atoms with Gasteiger partial charge in [0.25, 0.3) is 0 Å². The van der Waals surface area contributed by atoms with E-state index in [1.807, 2.05) is 60.7 Å². The van der Waals surface area contributed by atoms with Crippen molar-refractivity contribution >= 4 is 36.8 Å². The first-order chi connectivity index (χ1) is 14.7. The molecule has 2 aromatic carbocycles. The Hall–Kier alpha value is -1.41. The molecule has 1 nitrogen and oxygen atoms in total. The van der Waals surface area contributed by atoms with E-state index < -0.39 is 0 Å². The van der Waals surface area contributed by atoms with Gasteiger partial charge in [-0.1, -0.05) is 85.0 Å². The van der Waals surface area contributed by atoms with E-state index in [1.54, 1.807) is 0 Å². The molecule has 0 saturated heterocycles. The molecule has 31 heavy (non-hydrogen) atoms. The minimum Gasteiger partial charge on any atom is -0.273 e. The van der Waals surface area contributed by atoms with Gasteiger partial charge >= 0.3 is 67.8 Å². The van der Waals surface area contributed by atoms with Gasteiger partial charge in [0.1, 0.15) is 0 Å². The van der Waals surface area contributed by atoms with Crippen molar-refractivity contribution in [1.29, 1.82) is 0 Å². The summed E-state index contributed by atoms with van der Waals surface area (Å²) in [5.41, 5.74) is 2.44. The average molecular weight is 589 g/mol. The second kappa shape index (κ2) is 21.8. The van der Waals surface area contributed by atoms with Crippen molar-refractivity contribution in [3.05, 3.63) is 133 Å². The molecule has 0 spiro atoms. The van der Waals surface area contributed by atoms with Crippen LogP contribution >= 0.6 is 0 Å². The predicted octanol–water partition coefficient (Wildman–Crippen LogP) is 6.12. The monoisotopic (exact) mass is 587 g/mol. The van der Waals surface area contributed by atoms with Crippen LogP contribution in [0.4, 0.5) is 0 Å². The van der Waals surface area contributed by atoms with E-state index >= 15 is 0 Å². The first-order valence-corrected chi connectivity index (χ1v) is 12.7. The van der Waals surface area contributed by atoms with Crippen molar-refractivity contribution in [1.82, 2.24) is 2.89 Å². The van der Waals surface area contributed by atoms with Crippen molar-refractivity contribution in [3.8, 4) is 0 Å². The molecule has 156 valence electrons. The summed E-state index contributed by atoms with van der Waals surface area (Å²) in [6, 6.07) is 20.6. The van der Waals surface area contributed by atoms with E-state index in [9.17, 15) is 0 Å². The fourth-order valence-corrected chi connectivity index (χ4v) is 2.14. The minimum atomic E-state index is 0. The molecule has 0 atom stereocenters. The zero-order chi connectivity index (χ0) is 21.7. The molecule has 0 N–H and O–H groups in total. The Morgan fingerprint density at radius 2 is 1.06 bits per heavy atom. The van der Waals surface area contributed by atoms with Crippen LogP contribution in [0.2, 0.25) is 0 Å². The molecule has 0 amide bonds. The van der Waals surface area contributed by atoms with Crippen LogP contribution in [0.3, 0.4) is 0 Å². The molecule has 4 rings (SSSR count). The van der Waals surface area contributed by atoms with Gasteiger partial charge in [-0.15, -0.1) is 12.8 Å². The summed E-state index contributed by atoms with van der Waals surface area (Å²) in [5, 5.41) is 0. The van der Waals surface area contributed by atoms with Gasteiger partial charge in [0.2, 0.25) is 0 Å². The maximum absolute atomic E-state index is 2.99. The van der Waals surface area contributed by atoms with Crippen LogP contribution in [-0.4, -0.2) is 41.6 Å². The summed E-state index contributed by atoms with van der Waals surface area (Å²) in [6.07, 6.45) is 28.3. The van der Waals surface area contributed by atoms with Gasteiger partial charge in [0.05, 0.1) is 0 Å². The fraction of sp³-hybridized carbons (Fsp3) is 0.143. The number of rotatable bonds is 3. The summed E-state index contributed by atoms with van der Waals surface area (Å²) in [7, 11) is 4.19. The topological polar surface area (TPSA) is 3.24 Å². The zero-order valence-corrected chi connectivity index (χ0v) is 27.1. The number of nitrogens with zero attached hydrogens (tertiary/aromatic N) is 1. The van der Waals surface area contributed by atoms with Crippen LogP contribution in [0.1, 0.15) is 24.0 Å². The molecule has 0 unspecified atom stereocenters. The average Bonchev–Trinajstić information content (AvgIpc) is 3.52. The Morgan fingerprint density at radius 3 is 1.29 bits per heavy atom. The summed E-state index contributed by atoms with van der Waals surface area (Å²) in [6.45, 7) is 0. The molecule has 0 aromatic heterocycles. The van der Waals surface area contributed by atoms with E-state index in [2.05, 4.69) is 89.9 Å². The summed E-state index contributed by atoms with van der Waals surface area (Å²) >= 11 is 0.763. The van der Waals surface area contributed by atoms with Crippen molar-refractivity contribution in [2.45, 2.75) is 12.8 Å².